The molecule has 0 heterocycles. The molecule has 0 aromatic heterocycles. The molecule has 0 aliphatic carbocycles. The molecule has 0 aliphatic rings. The molecule has 1 nitrogen and oxygen atoms in total. The fourth-order valence-electron chi connectivity index (χ4n) is 0.313. The van der Waals surface area contributed by atoms with E-state index in [-0.39, 0.29) is 5.41 Å². The van der Waals surface area contributed by atoms with Gasteiger partial charge in [0, 0.05) is 6.08 Å². The van der Waals surface area contributed by atoms with Crippen LogP contribution in [0.2, 0.25) is 0 Å². The number of rotatable bonds is 0. The predicted molar refractivity (Wildman–Crippen MR) is 38.8 cm³/mol. The summed E-state index contributed by atoms with van der Waals surface area (Å²) >= 11 is 0. The first-order chi connectivity index (χ1) is 3.98. The molecule has 0 amide bonds. The van der Waals surface area contributed by atoms with Gasteiger partial charge in [-0.05, 0) is 12.3 Å². The molecular weight excluding hydrogens is 110 g/mol. The molecule has 0 saturated carbocycles. The zero-order valence-corrected chi connectivity index (χ0v) is 6.52. The third-order valence-electron chi connectivity index (χ3n) is 1.46. The highest BCUT2D eigenvalue weighted by Gasteiger charge is 2.11. The van der Waals surface area contributed by atoms with Crippen LogP contribution in [0.3, 0.4) is 0 Å². The lowest BCUT2D eigenvalue weighted by atomic mass is 9.88. The lowest BCUT2D eigenvalue weighted by Crippen LogP contribution is -2.05. The van der Waals surface area contributed by atoms with Crippen molar-refractivity contribution < 1.29 is 0 Å². The molecule has 0 aliphatic heterocycles. The number of nitrogens with zero attached hydrogens (tertiary/aromatic N) is 1. The fourth-order valence-corrected chi connectivity index (χ4v) is 0.313. The summed E-state index contributed by atoms with van der Waals surface area (Å²) in [5, 5.41) is 8.27. The molecule has 0 radical (unpaired) electrons. The molecule has 50 valence electrons. The highest BCUT2D eigenvalue weighted by molar-refractivity contribution is 5.16. The van der Waals surface area contributed by atoms with Gasteiger partial charge in [-0.2, -0.15) is 5.26 Å². The second kappa shape index (κ2) is 2.68. The standard InChI is InChI=1S/C8H13N/c1-7(5-6-9)8(2,3)4/h5H,1-4H3. The molecular formula is C8H13N. The topological polar surface area (TPSA) is 23.8 Å². The maximum Gasteiger partial charge on any atom is 0.0911 e. The van der Waals surface area contributed by atoms with Crippen LogP contribution in [0.15, 0.2) is 11.6 Å². The summed E-state index contributed by atoms with van der Waals surface area (Å²) in [5.74, 6) is 0. The van der Waals surface area contributed by atoms with Crippen molar-refractivity contribution in [2.75, 3.05) is 0 Å². The van der Waals surface area contributed by atoms with E-state index in [0.717, 1.165) is 5.57 Å². The van der Waals surface area contributed by atoms with Crippen molar-refractivity contribution >= 4 is 0 Å². The van der Waals surface area contributed by atoms with Gasteiger partial charge in [0.2, 0.25) is 0 Å². The molecule has 0 rings (SSSR count). The molecule has 0 bridgehead atoms. The van der Waals surface area contributed by atoms with E-state index >= 15 is 0 Å². The van der Waals surface area contributed by atoms with E-state index in [9.17, 15) is 0 Å². The van der Waals surface area contributed by atoms with Crippen molar-refractivity contribution in [3.63, 3.8) is 0 Å². The van der Waals surface area contributed by atoms with Gasteiger partial charge in [0.05, 0.1) is 6.07 Å². The molecule has 0 spiro atoms. The minimum atomic E-state index is 0.149. The summed E-state index contributed by atoms with van der Waals surface area (Å²) in [4.78, 5) is 0. The molecule has 1 heteroatoms. The molecule has 9 heavy (non-hydrogen) atoms. The Hall–Kier alpha value is -0.770. The Morgan fingerprint density at radius 2 is 1.89 bits per heavy atom. The van der Waals surface area contributed by atoms with Crippen LogP contribution in [0.4, 0.5) is 0 Å². The second-order valence-corrected chi connectivity index (χ2v) is 3.21. The van der Waals surface area contributed by atoms with Crippen LogP contribution in [0.25, 0.3) is 0 Å². The molecule has 0 N–H and O–H groups in total. The average Bonchev–Trinajstić information content (AvgIpc) is 1.64. The summed E-state index contributed by atoms with van der Waals surface area (Å²) in [6.07, 6.45) is 1.60. The van der Waals surface area contributed by atoms with Crippen molar-refractivity contribution in [2.45, 2.75) is 27.7 Å². The van der Waals surface area contributed by atoms with Crippen LogP contribution < -0.4 is 0 Å². The van der Waals surface area contributed by atoms with E-state index in [1.54, 1.807) is 6.08 Å². The van der Waals surface area contributed by atoms with E-state index in [2.05, 4.69) is 20.8 Å². The molecule has 0 unspecified atom stereocenters. The SMILES string of the molecule is CC(=CC#N)C(C)(C)C. The number of allylic oxidation sites excluding steroid dienone is 2. The Morgan fingerprint density at radius 3 is 2.00 bits per heavy atom. The van der Waals surface area contributed by atoms with Gasteiger partial charge in [-0.1, -0.05) is 26.3 Å². The largest absolute Gasteiger partial charge is 0.193 e. The fraction of sp³-hybridized carbons (Fsp3) is 0.625. The van der Waals surface area contributed by atoms with Crippen molar-refractivity contribution in [2.24, 2.45) is 5.41 Å². The van der Waals surface area contributed by atoms with Gasteiger partial charge < -0.3 is 0 Å². The van der Waals surface area contributed by atoms with Crippen molar-refractivity contribution in [1.82, 2.24) is 0 Å². The first-order valence-electron chi connectivity index (χ1n) is 3.05. The van der Waals surface area contributed by atoms with E-state index < -0.39 is 0 Å². The number of hydrogen-bond acceptors (Lipinski definition) is 1. The van der Waals surface area contributed by atoms with E-state index in [1.165, 1.54) is 0 Å². The predicted octanol–water partition coefficient (Wildman–Crippen LogP) is 2.50. The Morgan fingerprint density at radius 1 is 1.44 bits per heavy atom. The van der Waals surface area contributed by atoms with E-state index in [1.807, 2.05) is 13.0 Å². The highest BCUT2D eigenvalue weighted by Crippen LogP contribution is 2.23. The Kier molecular flexibility index (Phi) is 2.45. The van der Waals surface area contributed by atoms with E-state index in [0.29, 0.717) is 0 Å². The third kappa shape index (κ3) is 2.92. The second-order valence-electron chi connectivity index (χ2n) is 3.21. The van der Waals surface area contributed by atoms with Gasteiger partial charge >= 0.3 is 0 Å². The van der Waals surface area contributed by atoms with Crippen LogP contribution >= 0.6 is 0 Å². The molecule has 0 aromatic carbocycles. The lowest BCUT2D eigenvalue weighted by Gasteiger charge is -2.17. The highest BCUT2D eigenvalue weighted by atomic mass is 14.2. The van der Waals surface area contributed by atoms with Crippen LogP contribution in [0.1, 0.15) is 27.7 Å². The maximum absolute atomic E-state index is 8.27. The monoisotopic (exact) mass is 123 g/mol. The van der Waals surface area contributed by atoms with Gasteiger partial charge in [-0.3, -0.25) is 0 Å². The van der Waals surface area contributed by atoms with E-state index in [4.69, 9.17) is 5.26 Å². The lowest BCUT2D eigenvalue weighted by molar-refractivity contribution is 0.504. The molecule has 0 fully saturated rings. The van der Waals surface area contributed by atoms with Crippen LogP contribution in [0.5, 0.6) is 0 Å². The minimum absolute atomic E-state index is 0.149. The minimum Gasteiger partial charge on any atom is -0.193 e. The van der Waals surface area contributed by atoms with Crippen LogP contribution in [0, 0.1) is 16.7 Å². The van der Waals surface area contributed by atoms with Gasteiger partial charge in [0.1, 0.15) is 0 Å². The van der Waals surface area contributed by atoms with Gasteiger partial charge in [-0.15, -0.1) is 0 Å². The van der Waals surface area contributed by atoms with Crippen LogP contribution in [-0.2, 0) is 0 Å². The zero-order chi connectivity index (χ0) is 7.49. The summed E-state index contributed by atoms with van der Waals surface area (Å²) in [6, 6.07) is 2.01. The number of hydrogen-bond donors (Lipinski definition) is 0. The summed E-state index contributed by atoms with van der Waals surface area (Å²) in [6.45, 7) is 8.26. The smallest absolute Gasteiger partial charge is 0.0911 e. The molecule has 0 saturated heterocycles. The molecule has 0 atom stereocenters. The van der Waals surface area contributed by atoms with Crippen LogP contribution in [-0.4, -0.2) is 0 Å². The Balaban J connectivity index is 4.25. The summed E-state index contributed by atoms with van der Waals surface area (Å²) in [7, 11) is 0. The quantitative estimate of drug-likeness (QED) is 0.454. The Bertz CT molecular complexity index is 152. The first kappa shape index (κ1) is 8.23. The normalized spacial score (nSPS) is 13.0. The van der Waals surface area contributed by atoms with Gasteiger partial charge in [-0.25, -0.2) is 0 Å². The van der Waals surface area contributed by atoms with Crippen molar-refractivity contribution in [1.29, 1.82) is 5.26 Å². The zero-order valence-electron chi connectivity index (χ0n) is 6.52. The first-order valence-corrected chi connectivity index (χ1v) is 3.05. The van der Waals surface area contributed by atoms with Crippen molar-refractivity contribution in [3.05, 3.63) is 11.6 Å². The average molecular weight is 123 g/mol. The third-order valence-corrected chi connectivity index (χ3v) is 1.46. The number of nitriles is 1. The summed E-state index contributed by atoms with van der Waals surface area (Å²) in [5.41, 5.74) is 1.28. The summed E-state index contributed by atoms with van der Waals surface area (Å²) < 4.78 is 0. The van der Waals surface area contributed by atoms with Gasteiger partial charge in [0.25, 0.3) is 0 Å². The van der Waals surface area contributed by atoms with Gasteiger partial charge in [0.15, 0.2) is 0 Å². The molecule has 0 aromatic rings. The maximum atomic E-state index is 8.27. The van der Waals surface area contributed by atoms with Crippen molar-refractivity contribution in [3.8, 4) is 6.07 Å². The Labute approximate surface area is 57.0 Å².